The van der Waals surface area contributed by atoms with E-state index in [1.165, 1.54) is 30.5 Å². The van der Waals surface area contributed by atoms with Gasteiger partial charge in [0, 0.05) is 19.3 Å². The molecule has 33 heavy (non-hydrogen) atoms. The van der Waals surface area contributed by atoms with E-state index in [-0.39, 0.29) is 24.2 Å². The zero-order chi connectivity index (χ0) is 23.2. The Morgan fingerprint density at radius 3 is 2.06 bits per heavy atom. The Morgan fingerprint density at radius 1 is 0.788 bits per heavy atom. The van der Waals surface area contributed by atoms with Crippen LogP contribution < -0.4 is 0 Å². The molecule has 0 atom stereocenters. The van der Waals surface area contributed by atoms with E-state index in [1.54, 1.807) is 7.11 Å². The van der Waals surface area contributed by atoms with Gasteiger partial charge < -0.3 is 4.74 Å². The predicted octanol–water partition coefficient (Wildman–Crippen LogP) is 8.58. The number of alkyl halides is 1. The van der Waals surface area contributed by atoms with Gasteiger partial charge in [-0.05, 0) is 117 Å². The minimum Gasteiger partial charge on any atom is -0.384 e. The highest BCUT2D eigenvalue weighted by Crippen LogP contribution is 2.40. The summed E-state index contributed by atoms with van der Waals surface area (Å²) in [6.45, 7) is 0.574. The largest absolute Gasteiger partial charge is 0.384 e. The van der Waals surface area contributed by atoms with Crippen molar-refractivity contribution in [1.29, 1.82) is 0 Å². The van der Waals surface area contributed by atoms with Crippen LogP contribution in [0.25, 0.3) is 11.1 Å². The molecule has 0 radical (unpaired) electrons. The first kappa shape index (κ1) is 24.3. The second kappa shape index (κ2) is 11.6. The van der Waals surface area contributed by atoms with E-state index in [0.717, 1.165) is 57.1 Å². The maximum Gasteiger partial charge on any atom is 0.131 e. The molecule has 1 nitrogen and oxygen atoms in total. The Hall–Kier alpha value is -1.81. The topological polar surface area (TPSA) is 9.23 Å². The fourth-order valence-corrected chi connectivity index (χ4v) is 6.06. The summed E-state index contributed by atoms with van der Waals surface area (Å²) in [7, 11) is 1.76. The number of hydrogen-bond donors (Lipinski definition) is 0. The Balaban J connectivity index is 1.41. The Bertz CT molecular complexity index is 878. The Labute approximate surface area is 196 Å². The zero-order valence-corrected chi connectivity index (χ0v) is 19.8. The van der Waals surface area contributed by atoms with Gasteiger partial charge in [0.15, 0.2) is 0 Å². The van der Waals surface area contributed by atoms with E-state index in [4.69, 9.17) is 4.74 Å². The van der Waals surface area contributed by atoms with Gasteiger partial charge in [0.1, 0.15) is 11.6 Å². The molecule has 0 amide bonds. The van der Waals surface area contributed by atoms with Crippen molar-refractivity contribution >= 4 is 0 Å². The van der Waals surface area contributed by atoms with Crippen molar-refractivity contribution in [3.8, 4) is 11.1 Å². The van der Waals surface area contributed by atoms with Gasteiger partial charge in [0.05, 0.1) is 6.67 Å². The van der Waals surface area contributed by atoms with Gasteiger partial charge in [0.25, 0.3) is 0 Å². The molecule has 2 saturated carbocycles. The van der Waals surface area contributed by atoms with Crippen molar-refractivity contribution in [2.75, 3.05) is 20.4 Å². The molecule has 2 fully saturated rings. The summed E-state index contributed by atoms with van der Waals surface area (Å²) in [6, 6.07) is 10.8. The van der Waals surface area contributed by atoms with Gasteiger partial charge in [-0.1, -0.05) is 24.3 Å². The van der Waals surface area contributed by atoms with Crippen LogP contribution in [0.2, 0.25) is 0 Å². The Morgan fingerprint density at radius 2 is 1.42 bits per heavy atom. The first-order valence-electron chi connectivity index (χ1n) is 12.7. The molecule has 0 aromatic heterocycles. The third-order valence-electron chi connectivity index (χ3n) is 8.06. The van der Waals surface area contributed by atoms with Gasteiger partial charge in [-0.3, -0.25) is 4.39 Å². The minimum absolute atomic E-state index is 0.0609. The molecular weight excluding hydrogens is 421 g/mol. The van der Waals surface area contributed by atoms with Crippen LogP contribution in [0.3, 0.4) is 0 Å². The lowest BCUT2D eigenvalue weighted by Crippen LogP contribution is -2.17. The second-order valence-electron chi connectivity index (χ2n) is 10.2. The van der Waals surface area contributed by atoms with E-state index < -0.39 is 0 Å². The Kier molecular flexibility index (Phi) is 8.51. The first-order valence-corrected chi connectivity index (χ1v) is 12.7. The first-order chi connectivity index (χ1) is 16.1. The van der Waals surface area contributed by atoms with E-state index in [1.807, 2.05) is 12.1 Å². The van der Waals surface area contributed by atoms with Gasteiger partial charge in [-0.25, -0.2) is 8.78 Å². The van der Waals surface area contributed by atoms with Gasteiger partial charge in [-0.2, -0.15) is 0 Å². The van der Waals surface area contributed by atoms with Crippen LogP contribution >= 0.6 is 0 Å². The van der Waals surface area contributed by atoms with Crippen LogP contribution in [0.1, 0.15) is 87.2 Å². The lowest BCUT2D eigenvalue weighted by molar-refractivity contribution is 0.127. The van der Waals surface area contributed by atoms with Crippen LogP contribution in [0.15, 0.2) is 36.4 Å². The maximum atomic E-state index is 15.1. The summed E-state index contributed by atoms with van der Waals surface area (Å²) in [6.07, 6.45) is 9.85. The molecule has 0 heterocycles. The molecule has 2 aliphatic carbocycles. The molecule has 2 aliphatic rings. The zero-order valence-electron chi connectivity index (χ0n) is 19.8. The standard InChI is InChI=1S/C29H37F3O/c1-33-19-21-6-8-22(9-7-21)23-12-14-25(15-13-23)27-18-28(31)26(17-29(27)32)24-10-4-20(5-11-24)3-2-16-30/h12-15,17-18,20-22,24H,2-11,16,19H2,1H3. The highest BCUT2D eigenvalue weighted by molar-refractivity contribution is 5.65. The van der Waals surface area contributed by atoms with Crippen LogP contribution in [0.5, 0.6) is 0 Å². The molecular formula is C29H37F3O. The molecule has 0 unspecified atom stereocenters. The summed E-state index contributed by atoms with van der Waals surface area (Å²) in [5, 5.41) is 0. The minimum atomic E-state index is -0.348. The molecule has 180 valence electrons. The molecule has 0 bridgehead atoms. The van der Waals surface area contributed by atoms with Gasteiger partial charge in [0.2, 0.25) is 0 Å². The van der Waals surface area contributed by atoms with Gasteiger partial charge in [-0.15, -0.1) is 0 Å². The van der Waals surface area contributed by atoms with Gasteiger partial charge >= 0.3 is 0 Å². The molecule has 0 saturated heterocycles. The lowest BCUT2D eigenvalue weighted by atomic mass is 9.77. The molecule has 4 heteroatoms. The average molecular weight is 459 g/mol. The van der Waals surface area contributed by atoms with Crippen molar-refractivity contribution in [3.63, 3.8) is 0 Å². The highest BCUT2D eigenvalue weighted by Gasteiger charge is 2.26. The van der Waals surface area contributed by atoms with E-state index >= 15 is 8.78 Å². The molecule has 4 rings (SSSR count). The lowest BCUT2D eigenvalue weighted by Gasteiger charge is -2.29. The van der Waals surface area contributed by atoms with Crippen LogP contribution in [-0.4, -0.2) is 20.4 Å². The van der Waals surface area contributed by atoms with Crippen LogP contribution in [0, 0.1) is 23.5 Å². The fourth-order valence-electron chi connectivity index (χ4n) is 6.06. The average Bonchev–Trinajstić information content (AvgIpc) is 2.85. The quantitative estimate of drug-likeness (QED) is 0.385. The summed E-state index contributed by atoms with van der Waals surface area (Å²) in [4.78, 5) is 0. The van der Waals surface area contributed by atoms with Crippen molar-refractivity contribution in [3.05, 3.63) is 59.2 Å². The summed E-state index contributed by atoms with van der Waals surface area (Å²) >= 11 is 0. The molecule has 0 N–H and O–H groups in total. The third-order valence-corrected chi connectivity index (χ3v) is 8.06. The van der Waals surface area contributed by atoms with Crippen LogP contribution in [0.4, 0.5) is 13.2 Å². The normalized spacial score (nSPS) is 25.8. The number of methoxy groups -OCH3 is 1. The SMILES string of the molecule is COCC1CCC(c2ccc(-c3cc(F)c(C4CCC(CCCF)CC4)cc3F)cc2)CC1. The molecule has 0 spiro atoms. The predicted molar refractivity (Wildman–Crippen MR) is 128 cm³/mol. The monoisotopic (exact) mass is 458 g/mol. The van der Waals surface area contributed by atoms with E-state index in [9.17, 15) is 4.39 Å². The number of halogens is 3. The maximum absolute atomic E-state index is 15.1. The molecule has 2 aromatic rings. The van der Waals surface area contributed by atoms with Crippen molar-refractivity contribution in [2.45, 2.75) is 76.0 Å². The van der Waals surface area contributed by atoms with Crippen molar-refractivity contribution < 1.29 is 17.9 Å². The second-order valence-corrected chi connectivity index (χ2v) is 10.2. The molecule has 2 aromatic carbocycles. The number of ether oxygens (including phenoxy) is 1. The summed E-state index contributed by atoms with van der Waals surface area (Å²) in [5.74, 6) is 1.13. The number of benzene rings is 2. The van der Waals surface area contributed by atoms with Crippen molar-refractivity contribution in [1.82, 2.24) is 0 Å². The number of hydrogen-bond acceptors (Lipinski definition) is 1. The smallest absolute Gasteiger partial charge is 0.131 e. The van der Waals surface area contributed by atoms with E-state index in [2.05, 4.69) is 12.1 Å². The summed E-state index contributed by atoms with van der Waals surface area (Å²) < 4.78 is 47.8. The fraction of sp³-hybridized carbons (Fsp3) is 0.586. The summed E-state index contributed by atoms with van der Waals surface area (Å²) in [5.41, 5.74) is 2.86. The third kappa shape index (κ3) is 6.01. The van der Waals surface area contributed by atoms with E-state index in [0.29, 0.717) is 35.3 Å². The van der Waals surface area contributed by atoms with Crippen molar-refractivity contribution in [2.24, 2.45) is 11.8 Å². The highest BCUT2D eigenvalue weighted by atomic mass is 19.1. The van der Waals surface area contributed by atoms with Crippen LogP contribution in [-0.2, 0) is 4.74 Å². The number of rotatable bonds is 8. The molecule has 0 aliphatic heterocycles.